The van der Waals surface area contributed by atoms with Crippen LogP contribution in [-0.4, -0.2) is 35.8 Å². The van der Waals surface area contributed by atoms with Gasteiger partial charge >= 0.3 is 0 Å². The van der Waals surface area contributed by atoms with E-state index in [-0.39, 0.29) is 5.56 Å². The Morgan fingerprint density at radius 3 is 2.35 bits per heavy atom. The molecule has 0 aliphatic carbocycles. The van der Waals surface area contributed by atoms with Crippen LogP contribution in [0.2, 0.25) is 0 Å². The maximum Gasteiger partial charge on any atom is 0.252 e. The van der Waals surface area contributed by atoms with Gasteiger partial charge in [-0.3, -0.25) is 9.78 Å². The number of aliphatic hydroxyl groups is 1. The highest BCUT2D eigenvalue weighted by Crippen LogP contribution is 2.38. The van der Waals surface area contributed by atoms with E-state index in [1.165, 1.54) is 6.20 Å². The maximum atomic E-state index is 12.5. The lowest BCUT2D eigenvalue weighted by Gasteiger charge is -2.25. The molecule has 8 nitrogen and oxygen atoms in total. The predicted octanol–water partition coefficient (Wildman–Crippen LogP) is 5.43. The Kier molecular flexibility index (Phi) is 9.24. The molecular formula is C32H38N4O4. The molecule has 1 aromatic heterocycles. The molecule has 0 fully saturated rings. The lowest BCUT2D eigenvalue weighted by molar-refractivity contribution is 0.0566. The lowest BCUT2D eigenvalue weighted by Crippen LogP contribution is -2.35. The molecule has 0 bridgehead atoms. The number of benzene rings is 3. The van der Waals surface area contributed by atoms with Crippen molar-refractivity contribution in [2.24, 2.45) is 5.73 Å². The molecule has 1 atom stereocenters. The second-order valence-electron chi connectivity index (χ2n) is 9.76. The van der Waals surface area contributed by atoms with E-state index in [0.29, 0.717) is 54.4 Å². The quantitative estimate of drug-likeness (QED) is 0.178. The van der Waals surface area contributed by atoms with Gasteiger partial charge in [0.15, 0.2) is 11.5 Å². The third-order valence-corrected chi connectivity index (χ3v) is 6.87. The summed E-state index contributed by atoms with van der Waals surface area (Å²) in [6, 6.07) is 19.3. The summed E-state index contributed by atoms with van der Waals surface area (Å²) in [6.07, 6.45) is 2.24. The number of hydrogen-bond donors (Lipinski definition) is 4. The zero-order chi connectivity index (χ0) is 28.7. The van der Waals surface area contributed by atoms with Gasteiger partial charge in [-0.05, 0) is 56.0 Å². The van der Waals surface area contributed by atoms with Crippen molar-refractivity contribution < 1.29 is 19.4 Å². The van der Waals surface area contributed by atoms with E-state index >= 15 is 0 Å². The molecule has 1 amide bonds. The average Bonchev–Trinajstić information content (AvgIpc) is 2.94. The summed E-state index contributed by atoms with van der Waals surface area (Å²) in [4.78, 5) is 16.9. The molecule has 5 N–H and O–H groups in total. The van der Waals surface area contributed by atoms with Gasteiger partial charge in [0.05, 0.1) is 35.6 Å². The first-order valence-corrected chi connectivity index (χ1v) is 13.7. The van der Waals surface area contributed by atoms with Crippen LogP contribution in [0.5, 0.6) is 11.5 Å². The number of aromatic nitrogens is 1. The van der Waals surface area contributed by atoms with Crippen LogP contribution in [0.15, 0.2) is 66.9 Å². The number of primary amides is 1. The summed E-state index contributed by atoms with van der Waals surface area (Å²) in [5, 5.41) is 18.6. The van der Waals surface area contributed by atoms with Crippen molar-refractivity contribution >= 4 is 28.2 Å². The molecule has 0 spiro atoms. The Balaban J connectivity index is 1.68. The van der Waals surface area contributed by atoms with Gasteiger partial charge in [-0.1, -0.05) is 49.4 Å². The molecule has 0 saturated heterocycles. The third kappa shape index (κ3) is 6.35. The zero-order valence-corrected chi connectivity index (χ0v) is 23.6. The molecule has 40 heavy (non-hydrogen) atoms. The topological polar surface area (TPSA) is 119 Å². The molecule has 210 valence electrons. The Morgan fingerprint density at radius 1 is 1.00 bits per heavy atom. The maximum absolute atomic E-state index is 12.5. The molecule has 4 aromatic rings. The Hall–Kier alpha value is -4.14. The first-order chi connectivity index (χ1) is 19.3. The zero-order valence-electron chi connectivity index (χ0n) is 23.6. The summed E-state index contributed by atoms with van der Waals surface area (Å²) in [5.74, 6) is 0.584. The average molecular weight is 543 g/mol. The number of carbonyl (C=O) groups is 1. The largest absolute Gasteiger partial charge is 0.490 e. The second-order valence-corrected chi connectivity index (χ2v) is 9.76. The highest BCUT2D eigenvalue weighted by molar-refractivity contribution is 6.08. The first-order valence-electron chi connectivity index (χ1n) is 13.7. The van der Waals surface area contributed by atoms with Crippen molar-refractivity contribution in [3.63, 3.8) is 0 Å². The summed E-state index contributed by atoms with van der Waals surface area (Å²) >= 11 is 0. The minimum atomic E-state index is -1.01. The van der Waals surface area contributed by atoms with E-state index in [1.54, 1.807) is 6.92 Å². The molecule has 3 aromatic carbocycles. The third-order valence-electron chi connectivity index (χ3n) is 6.87. The van der Waals surface area contributed by atoms with Crippen LogP contribution in [0.4, 0.5) is 11.4 Å². The summed E-state index contributed by atoms with van der Waals surface area (Å²) in [7, 11) is 0. The van der Waals surface area contributed by atoms with Crippen molar-refractivity contribution in [2.45, 2.75) is 46.3 Å². The Morgan fingerprint density at radius 2 is 1.70 bits per heavy atom. The fourth-order valence-corrected chi connectivity index (χ4v) is 4.87. The van der Waals surface area contributed by atoms with E-state index in [0.717, 1.165) is 28.8 Å². The van der Waals surface area contributed by atoms with Crippen molar-refractivity contribution in [2.75, 3.05) is 25.1 Å². The van der Waals surface area contributed by atoms with Crippen molar-refractivity contribution in [3.05, 3.63) is 89.1 Å². The van der Waals surface area contributed by atoms with E-state index in [4.69, 9.17) is 15.2 Å². The number of nitrogens with one attached hydrogen (secondary N) is 2. The molecule has 1 heterocycles. The van der Waals surface area contributed by atoms with Gasteiger partial charge in [0.25, 0.3) is 5.91 Å². The monoisotopic (exact) mass is 542 g/mol. The van der Waals surface area contributed by atoms with Crippen LogP contribution in [0.3, 0.4) is 0 Å². The minimum absolute atomic E-state index is 0.281. The Labute approximate surface area is 235 Å². The van der Waals surface area contributed by atoms with Gasteiger partial charge in [-0.25, -0.2) is 0 Å². The summed E-state index contributed by atoms with van der Waals surface area (Å²) in [6.45, 7) is 9.61. The van der Waals surface area contributed by atoms with Gasteiger partial charge in [0.1, 0.15) is 0 Å². The van der Waals surface area contributed by atoms with E-state index in [1.807, 2.05) is 68.4 Å². The summed E-state index contributed by atoms with van der Waals surface area (Å²) < 4.78 is 11.6. The standard InChI is InChI=1S/C32H38N4O4/c1-5-23-21(18-34-20-32(4,38)22-13-9-8-10-14-22)12-11-15-26(23)36-30-24-16-28(39-6-2)29(40-7-3)17-27(24)35-19-25(30)31(33)37/h8-17,19,34,38H,5-7,18,20H2,1-4H3,(H2,33,37)(H,35,36). The number of carbonyl (C=O) groups excluding carboxylic acids is 1. The number of fused-ring (bicyclic) bond motifs is 1. The highest BCUT2D eigenvalue weighted by Gasteiger charge is 2.23. The number of pyridine rings is 1. The number of nitrogens with two attached hydrogens (primary N) is 1. The smallest absolute Gasteiger partial charge is 0.252 e. The van der Waals surface area contributed by atoms with Crippen LogP contribution in [0, 0.1) is 0 Å². The highest BCUT2D eigenvalue weighted by atomic mass is 16.5. The normalized spacial score (nSPS) is 12.6. The first kappa shape index (κ1) is 28.9. The number of rotatable bonds is 13. The molecule has 0 aliphatic rings. The molecule has 1 unspecified atom stereocenters. The molecular weight excluding hydrogens is 504 g/mol. The Bertz CT molecular complexity index is 1470. The van der Waals surface area contributed by atoms with Gasteiger partial charge in [0.2, 0.25) is 0 Å². The number of ether oxygens (including phenoxy) is 2. The molecule has 0 aliphatic heterocycles. The van der Waals surface area contributed by atoms with Crippen molar-refractivity contribution in [1.29, 1.82) is 0 Å². The van der Waals surface area contributed by atoms with Gasteiger partial charge < -0.3 is 30.9 Å². The van der Waals surface area contributed by atoms with Gasteiger partial charge in [-0.2, -0.15) is 0 Å². The predicted molar refractivity (Wildman–Crippen MR) is 159 cm³/mol. The second kappa shape index (κ2) is 12.8. The van der Waals surface area contributed by atoms with Crippen LogP contribution in [0.25, 0.3) is 10.9 Å². The van der Waals surface area contributed by atoms with Crippen molar-refractivity contribution in [1.82, 2.24) is 10.3 Å². The SMILES string of the molecule is CCOc1cc2ncc(C(N)=O)c(Nc3cccc(CNCC(C)(O)c4ccccc4)c3CC)c2cc1OCC. The van der Waals surface area contributed by atoms with E-state index in [2.05, 4.69) is 28.6 Å². The fraction of sp³-hybridized carbons (Fsp3) is 0.312. The molecule has 0 radical (unpaired) electrons. The number of nitrogens with zero attached hydrogens (tertiary/aromatic N) is 1. The van der Waals surface area contributed by atoms with Crippen molar-refractivity contribution in [3.8, 4) is 11.5 Å². The van der Waals surface area contributed by atoms with Crippen LogP contribution in [-0.2, 0) is 18.6 Å². The molecule has 8 heteroatoms. The minimum Gasteiger partial charge on any atom is -0.490 e. The van der Waals surface area contributed by atoms with Crippen LogP contribution < -0.4 is 25.8 Å². The summed E-state index contributed by atoms with van der Waals surface area (Å²) in [5.41, 5.74) is 10.2. The van der Waals surface area contributed by atoms with Gasteiger partial charge in [-0.15, -0.1) is 0 Å². The molecule has 0 saturated carbocycles. The number of anilines is 2. The van der Waals surface area contributed by atoms with E-state index in [9.17, 15) is 9.90 Å². The molecule has 4 rings (SSSR count). The van der Waals surface area contributed by atoms with E-state index < -0.39 is 11.5 Å². The lowest BCUT2D eigenvalue weighted by atomic mass is 9.95. The fourth-order valence-electron chi connectivity index (χ4n) is 4.87. The number of hydrogen-bond acceptors (Lipinski definition) is 7. The number of amides is 1. The van der Waals surface area contributed by atoms with Crippen LogP contribution in [0.1, 0.15) is 54.7 Å². The van der Waals surface area contributed by atoms with Gasteiger partial charge in [0, 0.05) is 36.4 Å². The van der Waals surface area contributed by atoms with Crippen LogP contribution >= 0.6 is 0 Å².